The van der Waals surface area contributed by atoms with E-state index in [1.54, 1.807) is 6.07 Å². The summed E-state index contributed by atoms with van der Waals surface area (Å²) in [6.07, 6.45) is 0.519. The van der Waals surface area contributed by atoms with Crippen LogP contribution in [0.2, 0.25) is 10.0 Å². The van der Waals surface area contributed by atoms with E-state index in [4.69, 9.17) is 32.4 Å². The van der Waals surface area contributed by atoms with Crippen LogP contribution in [0.3, 0.4) is 0 Å². The lowest BCUT2D eigenvalue weighted by atomic mass is 10.1. The summed E-state index contributed by atoms with van der Waals surface area (Å²) in [6.45, 7) is 1.45. The van der Waals surface area contributed by atoms with Crippen molar-refractivity contribution in [3.63, 3.8) is 0 Å². The third-order valence-electron chi connectivity index (χ3n) is 3.61. The molecule has 0 spiro atoms. The van der Waals surface area contributed by atoms with E-state index >= 15 is 0 Å². The van der Waals surface area contributed by atoms with Crippen LogP contribution in [0.5, 0.6) is 11.5 Å². The zero-order chi connectivity index (χ0) is 18.4. The number of ether oxygens (including phenoxy) is 1. The van der Waals surface area contributed by atoms with Crippen molar-refractivity contribution in [3.8, 4) is 22.8 Å². The number of hydrogen-bond acceptors (Lipinski definition) is 7. The van der Waals surface area contributed by atoms with Gasteiger partial charge < -0.3 is 14.3 Å². The maximum Gasteiger partial charge on any atom is 0.308 e. The fourth-order valence-corrected chi connectivity index (χ4v) is 4.36. The number of halogens is 2. The van der Waals surface area contributed by atoms with Crippen LogP contribution in [-0.2, 0) is 4.79 Å². The molecular formula is C15H15Cl2NO6S. The normalized spacial score (nSPS) is 17.6. The molecule has 3 rings (SSSR count). The summed E-state index contributed by atoms with van der Waals surface area (Å²) in [5.41, 5.74) is 0.391. The van der Waals surface area contributed by atoms with Gasteiger partial charge in [0.2, 0.25) is 11.5 Å². The summed E-state index contributed by atoms with van der Waals surface area (Å²) in [4.78, 5) is 11.4. The van der Waals surface area contributed by atoms with Crippen molar-refractivity contribution in [2.75, 3.05) is 16.6 Å². The van der Waals surface area contributed by atoms with Crippen LogP contribution < -0.4 is 9.04 Å². The quantitative estimate of drug-likeness (QED) is 0.629. The summed E-state index contributed by atoms with van der Waals surface area (Å²) in [7, 11) is -3.11. The van der Waals surface area contributed by atoms with Gasteiger partial charge in [-0.05, 0) is 24.6 Å². The van der Waals surface area contributed by atoms with Gasteiger partial charge in [0.1, 0.15) is 0 Å². The molecule has 2 aromatic rings. The van der Waals surface area contributed by atoms with Gasteiger partial charge >= 0.3 is 5.97 Å². The predicted molar refractivity (Wildman–Crippen MR) is 96.8 cm³/mol. The Labute approximate surface area is 155 Å². The zero-order valence-corrected chi connectivity index (χ0v) is 15.4. The van der Waals surface area contributed by atoms with Crippen LogP contribution in [-0.4, -0.2) is 32.5 Å². The highest BCUT2D eigenvalue weighted by Crippen LogP contribution is 2.57. The lowest BCUT2D eigenvalue weighted by Gasteiger charge is -2.36. The topological polar surface area (TPSA) is 103 Å². The molecule has 1 aromatic carbocycles. The molecule has 0 radical (unpaired) electrons. The molecular weight excluding hydrogens is 393 g/mol. The maximum atomic E-state index is 11.4. The van der Waals surface area contributed by atoms with Crippen molar-refractivity contribution in [3.05, 3.63) is 28.2 Å². The molecule has 10 heteroatoms. The zero-order valence-electron chi connectivity index (χ0n) is 13.0. The molecule has 1 aliphatic rings. The minimum absolute atomic E-state index is 0.0214. The fourth-order valence-electron chi connectivity index (χ4n) is 2.52. The van der Waals surface area contributed by atoms with E-state index in [0.29, 0.717) is 17.0 Å². The Morgan fingerprint density at radius 1 is 1.32 bits per heavy atom. The first-order valence-corrected chi connectivity index (χ1v) is 9.67. The first kappa shape index (κ1) is 18.2. The van der Waals surface area contributed by atoms with Crippen LogP contribution in [0, 0.1) is 0 Å². The lowest BCUT2D eigenvalue weighted by molar-refractivity contribution is -0.132. The number of rotatable bonds is 3. The summed E-state index contributed by atoms with van der Waals surface area (Å²) in [5.74, 6) is -1.37. The van der Waals surface area contributed by atoms with Gasteiger partial charge in [0, 0.05) is 19.0 Å². The molecule has 0 amide bonds. The molecule has 0 saturated carbocycles. The fraction of sp³-hybridized carbons (Fsp3) is 0.267. The molecule has 0 unspecified atom stereocenters. The van der Waals surface area contributed by atoms with Crippen molar-refractivity contribution in [1.29, 1.82) is 0 Å². The molecule has 3 N–H and O–H groups in total. The van der Waals surface area contributed by atoms with E-state index in [-0.39, 0.29) is 34.7 Å². The van der Waals surface area contributed by atoms with E-state index < -0.39 is 22.5 Å². The SMILES string of the molecule is CC(=O)Oc1c(N2CCCS2(O)O)oc(-c2ccc(Cl)c(Cl)c2)c1O. The maximum absolute atomic E-state index is 11.4. The van der Waals surface area contributed by atoms with Gasteiger partial charge in [0.05, 0.1) is 15.8 Å². The molecule has 1 aliphatic heterocycles. The average Bonchev–Trinajstić information content (AvgIpc) is 3.02. The van der Waals surface area contributed by atoms with E-state index in [2.05, 4.69) is 0 Å². The summed E-state index contributed by atoms with van der Waals surface area (Å²) in [6, 6.07) is 4.57. The van der Waals surface area contributed by atoms with Gasteiger partial charge in [-0.1, -0.05) is 23.2 Å². The van der Waals surface area contributed by atoms with E-state index in [9.17, 15) is 19.0 Å². The highest BCUT2D eigenvalue weighted by Gasteiger charge is 2.37. The van der Waals surface area contributed by atoms with Crippen LogP contribution >= 0.6 is 34.0 Å². The largest absolute Gasteiger partial charge is 0.502 e. The minimum Gasteiger partial charge on any atom is -0.502 e. The third-order valence-corrected chi connectivity index (χ3v) is 6.24. The standard InChI is InChI=1S/C15H15Cl2NO6S/c1-8(19)23-14-12(20)13(9-3-4-10(16)11(17)7-9)24-15(14)18-5-2-6-25(18,21)22/h3-4,7,20-22H,2,5-6H2,1H3. The van der Waals surface area contributed by atoms with Gasteiger partial charge in [-0.3, -0.25) is 13.9 Å². The smallest absolute Gasteiger partial charge is 0.308 e. The first-order chi connectivity index (χ1) is 11.7. The van der Waals surface area contributed by atoms with Gasteiger partial charge in [-0.25, -0.2) is 4.31 Å². The molecule has 2 heterocycles. The number of carbonyl (C=O) groups is 1. The number of aromatic hydroxyl groups is 1. The lowest BCUT2D eigenvalue weighted by Crippen LogP contribution is -2.22. The Morgan fingerprint density at radius 2 is 2.04 bits per heavy atom. The van der Waals surface area contributed by atoms with Crippen LogP contribution in [0.1, 0.15) is 13.3 Å². The Bertz CT molecular complexity index is 838. The van der Waals surface area contributed by atoms with Gasteiger partial charge in [-0.2, -0.15) is 0 Å². The average molecular weight is 408 g/mol. The Balaban J connectivity index is 2.14. The van der Waals surface area contributed by atoms with Crippen molar-refractivity contribution in [2.24, 2.45) is 0 Å². The number of benzene rings is 1. The van der Waals surface area contributed by atoms with E-state index in [1.165, 1.54) is 16.4 Å². The van der Waals surface area contributed by atoms with Gasteiger partial charge in [0.25, 0.3) is 5.88 Å². The number of nitrogens with zero attached hydrogens (tertiary/aromatic N) is 1. The molecule has 136 valence electrons. The van der Waals surface area contributed by atoms with E-state index in [0.717, 1.165) is 6.92 Å². The van der Waals surface area contributed by atoms with Crippen molar-refractivity contribution < 1.29 is 28.2 Å². The molecule has 0 bridgehead atoms. The van der Waals surface area contributed by atoms with Crippen molar-refractivity contribution in [1.82, 2.24) is 0 Å². The monoisotopic (exact) mass is 407 g/mol. The van der Waals surface area contributed by atoms with Crippen LogP contribution in [0.4, 0.5) is 5.88 Å². The Morgan fingerprint density at radius 3 is 2.60 bits per heavy atom. The summed E-state index contributed by atoms with van der Waals surface area (Å²) in [5, 5.41) is 11.0. The molecule has 7 nitrogen and oxygen atoms in total. The van der Waals surface area contributed by atoms with E-state index in [1.807, 2.05) is 0 Å². The second-order valence-electron chi connectivity index (χ2n) is 5.43. The Kier molecular flexibility index (Phi) is 4.82. The highest BCUT2D eigenvalue weighted by atomic mass is 35.5. The highest BCUT2D eigenvalue weighted by molar-refractivity contribution is 8.25. The second kappa shape index (κ2) is 6.62. The molecule has 25 heavy (non-hydrogen) atoms. The van der Waals surface area contributed by atoms with Gasteiger partial charge in [-0.15, -0.1) is 10.8 Å². The number of esters is 1. The number of carbonyl (C=O) groups excluding carboxylic acids is 1. The minimum atomic E-state index is -3.11. The number of anilines is 1. The predicted octanol–water partition coefficient (Wildman–Crippen LogP) is 4.76. The van der Waals surface area contributed by atoms with Crippen molar-refractivity contribution >= 4 is 45.8 Å². The summed E-state index contributed by atoms with van der Waals surface area (Å²) >= 11 is 11.9. The number of furan rings is 1. The molecule has 0 atom stereocenters. The number of hydrogen-bond donors (Lipinski definition) is 3. The van der Waals surface area contributed by atoms with Crippen molar-refractivity contribution in [2.45, 2.75) is 13.3 Å². The van der Waals surface area contributed by atoms with Crippen LogP contribution in [0.25, 0.3) is 11.3 Å². The molecule has 1 aromatic heterocycles. The summed E-state index contributed by atoms with van der Waals surface area (Å²) < 4.78 is 32.2. The van der Waals surface area contributed by atoms with Gasteiger partial charge in [0.15, 0.2) is 5.76 Å². The third kappa shape index (κ3) is 3.40. The first-order valence-electron chi connectivity index (χ1n) is 7.24. The Hall–Kier alpha value is -1.58. The van der Waals surface area contributed by atoms with Crippen LogP contribution in [0.15, 0.2) is 22.6 Å². The molecule has 1 saturated heterocycles. The second-order valence-corrected chi connectivity index (χ2v) is 8.36. The molecule has 1 fully saturated rings. The molecule has 0 aliphatic carbocycles.